The Bertz CT molecular complexity index is 300. The van der Waals surface area contributed by atoms with Gasteiger partial charge in [0.25, 0.3) is 0 Å². The van der Waals surface area contributed by atoms with Crippen LogP contribution in [0.15, 0.2) is 22.8 Å². The van der Waals surface area contributed by atoms with E-state index in [0.29, 0.717) is 0 Å². The lowest BCUT2D eigenvalue weighted by Gasteiger charge is -2.05. The lowest BCUT2D eigenvalue weighted by Crippen LogP contribution is -1.88. The first-order chi connectivity index (χ1) is 7.47. The van der Waals surface area contributed by atoms with E-state index in [4.69, 9.17) is 5.26 Å². The minimum Gasteiger partial charge on any atom is -0.193 e. The van der Waals surface area contributed by atoms with E-state index in [1.807, 2.05) is 6.92 Å². The Balaban J connectivity index is 3.97. The van der Waals surface area contributed by atoms with Gasteiger partial charge in [0, 0.05) is 5.57 Å². The Labute approximate surface area is 101 Å². The summed E-state index contributed by atoms with van der Waals surface area (Å²) in [5.74, 6) is 0.783. The van der Waals surface area contributed by atoms with Crippen LogP contribution in [0.1, 0.15) is 60.3 Å². The van der Waals surface area contributed by atoms with Gasteiger partial charge in [-0.2, -0.15) is 5.26 Å². The van der Waals surface area contributed by atoms with Crippen molar-refractivity contribution in [3.8, 4) is 6.07 Å². The summed E-state index contributed by atoms with van der Waals surface area (Å²) < 4.78 is 0. The zero-order valence-electron chi connectivity index (χ0n) is 11.4. The average Bonchev–Trinajstić information content (AvgIpc) is 2.24. The molecule has 0 heterocycles. The molecule has 0 atom stereocenters. The first-order valence-corrected chi connectivity index (χ1v) is 6.19. The molecule has 0 N–H and O–H groups in total. The van der Waals surface area contributed by atoms with Gasteiger partial charge in [-0.15, -0.1) is 0 Å². The molecule has 0 saturated heterocycles. The van der Waals surface area contributed by atoms with E-state index in [0.717, 1.165) is 24.3 Å². The number of allylic oxidation sites excluding steroid dienone is 4. The van der Waals surface area contributed by atoms with Gasteiger partial charge < -0.3 is 0 Å². The maximum Gasteiger partial charge on any atom is 0.0943 e. The molecule has 0 saturated carbocycles. The van der Waals surface area contributed by atoms with E-state index >= 15 is 0 Å². The predicted octanol–water partition coefficient (Wildman–Crippen LogP) is 5.01. The van der Waals surface area contributed by atoms with Gasteiger partial charge >= 0.3 is 0 Å². The van der Waals surface area contributed by atoms with Crippen LogP contribution in [0.25, 0.3) is 0 Å². The van der Waals surface area contributed by atoms with Crippen molar-refractivity contribution in [2.45, 2.75) is 60.3 Å². The normalized spacial score (nSPS) is 13.7. The highest BCUT2D eigenvalue weighted by Gasteiger charge is 1.97. The van der Waals surface area contributed by atoms with E-state index < -0.39 is 0 Å². The number of rotatable bonds is 6. The highest BCUT2D eigenvalue weighted by atomic mass is 14.2. The molecule has 0 aromatic rings. The first-order valence-electron chi connectivity index (χ1n) is 6.19. The third-order valence-electron chi connectivity index (χ3n) is 2.94. The fourth-order valence-electron chi connectivity index (χ4n) is 1.44. The fraction of sp³-hybridized carbons (Fsp3) is 0.667. The van der Waals surface area contributed by atoms with Crippen LogP contribution >= 0.6 is 0 Å². The van der Waals surface area contributed by atoms with Crippen molar-refractivity contribution in [3.63, 3.8) is 0 Å². The molecule has 0 aromatic carbocycles. The number of nitrogens with zero attached hydrogens (tertiary/aromatic N) is 1. The molecular weight excluding hydrogens is 194 g/mol. The van der Waals surface area contributed by atoms with E-state index in [1.54, 1.807) is 0 Å². The molecule has 0 radical (unpaired) electrons. The molecule has 16 heavy (non-hydrogen) atoms. The van der Waals surface area contributed by atoms with Gasteiger partial charge in [-0.25, -0.2) is 0 Å². The summed E-state index contributed by atoms with van der Waals surface area (Å²) in [5, 5.41) is 8.74. The number of nitriles is 1. The van der Waals surface area contributed by atoms with Crippen LogP contribution < -0.4 is 0 Å². The maximum absolute atomic E-state index is 8.74. The smallest absolute Gasteiger partial charge is 0.0943 e. The first kappa shape index (κ1) is 15.0. The Morgan fingerprint density at radius 1 is 1.19 bits per heavy atom. The van der Waals surface area contributed by atoms with Crippen LogP contribution in [0, 0.1) is 17.2 Å². The quantitative estimate of drug-likeness (QED) is 0.455. The van der Waals surface area contributed by atoms with Crippen molar-refractivity contribution in [2.24, 2.45) is 5.92 Å². The van der Waals surface area contributed by atoms with Crippen LogP contribution in [0.4, 0.5) is 0 Å². The van der Waals surface area contributed by atoms with Crippen LogP contribution in [0.2, 0.25) is 0 Å². The summed E-state index contributed by atoms with van der Waals surface area (Å²) >= 11 is 0. The largest absolute Gasteiger partial charge is 0.193 e. The third-order valence-corrected chi connectivity index (χ3v) is 2.94. The van der Waals surface area contributed by atoms with Gasteiger partial charge in [0.1, 0.15) is 0 Å². The summed E-state index contributed by atoms with van der Waals surface area (Å²) in [6, 6.07) is 2.20. The van der Waals surface area contributed by atoms with Crippen molar-refractivity contribution < 1.29 is 0 Å². The molecule has 0 aliphatic rings. The molecule has 0 aromatic heterocycles. The van der Waals surface area contributed by atoms with Gasteiger partial charge in [-0.05, 0) is 52.4 Å². The van der Waals surface area contributed by atoms with E-state index in [2.05, 4.69) is 39.8 Å². The zero-order chi connectivity index (χ0) is 12.6. The zero-order valence-corrected chi connectivity index (χ0v) is 11.4. The van der Waals surface area contributed by atoms with Gasteiger partial charge in [-0.1, -0.05) is 31.1 Å². The van der Waals surface area contributed by atoms with Crippen molar-refractivity contribution in [1.29, 1.82) is 5.26 Å². The summed E-state index contributed by atoms with van der Waals surface area (Å²) in [5.41, 5.74) is 3.57. The SMILES string of the molecule is CC(=CCCC(C)=C(C)C#N)CCC(C)C. The van der Waals surface area contributed by atoms with Gasteiger partial charge in [0.15, 0.2) is 0 Å². The average molecular weight is 219 g/mol. The lowest BCUT2D eigenvalue weighted by atomic mass is 10.0. The highest BCUT2D eigenvalue weighted by Crippen LogP contribution is 2.14. The van der Waals surface area contributed by atoms with Crippen molar-refractivity contribution in [1.82, 2.24) is 0 Å². The van der Waals surface area contributed by atoms with Crippen molar-refractivity contribution >= 4 is 0 Å². The van der Waals surface area contributed by atoms with Gasteiger partial charge in [-0.3, -0.25) is 0 Å². The second-order valence-corrected chi connectivity index (χ2v) is 5.04. The van der Waals surface area contributed by atoms with Crippen LogP contribution in [0.3, 0.4) is 0 Å². The van der Waals surface area contributed by atoms with Gasteiger partial charge in [0.2, 0.25) is 0 Å². The molecule has 0 unspecified atom stereocenters. The Morgan fingerprint density at radius 2 is 1.81 bits per heavy atom. The Morgan fingerprint density at radius 3 is 2.31 bits per heavy atom. The Hall–Kier alpha value is -1.03. The number of hydrogen-bond acceptors (Lipinski definition) is 1. The summed E-state index contributed by atoms with van der Waals surface area (Å²) in [4.78, 5) is 0. The van der Waals surface area contributed by atoms with Crippen LogP contribution in [-0.2, 0) is 0 Å². The second-order valence-electron chi connectivity index (χ2n) is 5.04. The molecule has 0 rings (SSSR count). The summed E-state index contributed by atoms with van der Waals surface area (Å²) in [7, 11) is 0. The van der Waals surface area contributed by atoms with Crippen molar-refractivity contribution in [2.75, 3.05) is 0 Å². The van der Waals surface area contributed by atoms with E-state index in [1.165, 1.54) is 24.0 Å². The minimum atomic E-state index is 0.783. The summed E-state index contributed by atoms with van der Waals surface area (Å²) in [6.07, 6.45) is 6.87. The predicted molar refractivity (Wildman–Crippen MR) is 71.1 cm³/mol. The standard InChI is InChI=1S/C15H25N/c1-12(2)9-10-13(3)7-6-8-14(4)15(5)11-16/h7,12H,6,8-10H2,1-5H3. The van der Waals surface area contributed by atoms with Crippen molar-refractivity contribution in [3.05, 3.63) is 22.8 Å². The molecule has 0 aliphatic heterocycles. The molecule has 0 aliphatic carbocycles. The topological polar surface area (TPSA) is 23.8 Å². The van der Waals surface area contributed by atoms with Crippen LogP contribution in [-0.4, -0.2) is 0 Å². The molecule has 90 valence electrons. The third kappa shape index (κ3) is 7.29. The van der Waals surface area contributed by atoms with Crippen LogP contribution in [0.5, 0.6) is 0 Å². The molecule has 1 nitrogen and oxygen atoms in total. The molecule has 0 bridgehead atoms. The molecule has 0 amide bonds. The van der Waals surface area contributed by atoms with E-state index in [9.17, 15) is 0 Å². The molecule has 0 fully saturated rings. The van der Waals surface area contributed by atoms with E-state index in [-0.39, 0.29) is 0 Å². The maximum atomic E-state index is 8.74. The minimum absolute atomic E-state index is 0.783. The Kier molecular flexibility index (Phi) is 7.64. The number of hydrogen-bond donors (Lipinski definition) is 0. The lowest BCUT2D eigenvalue weighted by molar-refractivity contribution is 0.583. The molecule has 1 heteroatoms. The molecular formula is C15H25N. The second kappa shape index (κ2) is 8.16. The van der Waals surface area contributed by atoms with Gasteiger partial charge in [0.05, 0.1) is 6.07 Å². The summed E-state index contributed by atoms with van der Waals surface area (Å²) in [6.45, 7) is 10.7. The fourth-order valence-corrected chi connectivity index (χ4v) is 1.44. The highest BCUT2D eigenvalue weighted by molar-refractivity contribution is 5.24. The molecule has 0 spiro atoms. The monoisotopic (exact) mass is 219 g/mol.